The normalized spacial score (nSPS) is 15.7. The van der Waals surface area contributed by atoms with Crippen LogP contribution in [-0.4, -0.2) is 58.8 Å². The van der Waals surface area contributed by atoms with Crippen LogP contribution >= 0.6 is 11.3 Å². The Kier molecular flexibility index (Phi) is 9.45. The number of carboxylic acid groups (broad SMARTS) is 1. The first kappa shape index (κ1) is 28.0. The Bertz CT molecular complexity index is 1260. The van der Waals surface area contributed by atoms with Crippen molar-refractivity contribution in [1.82, 2.24) is 15.5 Å². The largest absolute Gasteiger partial charge is 0.481 e. The molecule has 1 aliphatic heterocycles. The molecule has 9 nitrogen and oxygen atoms in total. The zero-order valence-electron chi connectivity index (χ0n) is 21.5. The zero-order valence-corrected chi connectivity index (χ0v) is 22.3. The SMILES string of the molecule is N=C(N)c1ccc(CNC(=O)C2CCCN2C(=O)[C@H](NCCC(=O)O)C(c2ccccc2)c2ccccc2)s1. The Morgan fingerprint density at radius 1 is 1.03 bits per heavy atom. The van der Waals surface area contributed by atoms with Crippen LogP contribution in [0.15, 0.2) is 72.8 Å². The second-order valence-corrected chi connectivity index (χ2v) is 10.6. The van der Waals surface area contributed by atoms with Gasteiger partial charge in [-0.3, -0.25) is 19.8 Å². The lowest BCUT2D eigenvalue weighted by molar-refractivity contribution is -0.140. The van der Waals surface area contributed by atoms with Gasteiger partial charge in [-0.05, 0) is 36.1 Å². The number of benzene rings is 2. The minimum Gasteiger partial charge on any atom is -0.481 e. The molecule has 0 radical (unpaired) electrons. The summed E-state index contributed by atoms with van der Waals surface area (Å²) in [6.07, 6.45) is 1.11. The molecule has 0 spiro atoms. The molecule has 3 aromatic rings. The Labute approximate surface area is 231 Å². The number of nitrogens with one attached hydrogen (secondary N) is 3. The van der Waals surface area contributed by atoms with Crippen molar-refractivity contribution in [3.63, 3.8) is 0 Å². The van der Waals surface area contributed by atoms with Gasteiger partial charge in [0.2, 0.25) is 11.8 Å². The third kappa shape index (κ3) is 7.10. The van der Waals surface area contributed by atoms with E-state index in [0.29, 0.717) is 24.3 Å². The number of nitrogen functional groups attached to an aromatic ring is 1. The van der Waals surface area contributed by atoms with Crippen molar-refractivity contribution in [2.24, 2.45) is 5.73 Å². The molecular formula is C29H33N5O4S. The molecule has 39 heavy (non-hydrogen) atoms. The van der Waals surface area contributed by atoms with E-state index in [1.165, 1.54) is 11.3 Å². The highest BCUT2D eigenvalue weighted by Crippen LogP contribution is 2.31. The molecule has 2 aromatic carbocycles. The number of aliphatic carboxylic acids is 1. The number of amides is 2. The molecule has 0 saturated carbocycles. The van der Waals surface area contributed by atoms with Gasteiger partial charge in [0.25, 0.3) is 0 Å². The number of carbonyl (C=O) groups excluding carboxylic acids is 2. The number of hydrogen-bond acceptors (Lipinski definition) is 6. The van der Waals surface area contributed by atoms with Crippen LogP contribution in [0.25, 0.3) is 0 Å². The predicted molar refractivity (Wildman–Crippen MR) is 151 cm³/mol. The maximum absolute atomic E-state index is 14.2. The molecule has 0 aliphatic carbocycles. The monoisotopic (exact) mass is 547 g/mol. The van der Waals surface area contributed by atoms with E-state index >= 15 is 0 Å². The van der Waals surface area contributed by atoms with Crippen LogP contribution < -0.4 is 16.4 Å². The highest BCUT2D eigenvalue weighted by Gasteiger charge is 2.40. The van der Waals surface area contributed by atoms with Gasteiger partial charge in [-0.15, -0.1) is 11.3 Å². The van der Waals surface area contributed by atoms with Crippen LogP contribution in [0.2, 0.25) is 0 Å². The zero-order chi connectivity index (χ0) is 27.8. The summed E-state index contributed by atoms with van der Waals surface area (Å²) >= 11 is 1.35. The van der Waals surface area contributed by atoms with Crippen molar-refractivity contribution < 1.29 is 19.5 Å². The third-order valence-corrected chi connectivity index (χ3v) is 7.94. The molecule has 1 unspecified atom stereocenters. The summed E-state index contributed by atoms with van der Waals surface area (Å²) in [4.78, 5) is 41.8. The van der Waals surface area contributed by atoms with Gasteiger partial charge in [-0.25, -0.2) is 0 Å². The van der Waals surface area contributed by atoms with Crippen molar-refractivity contribution in [3.8, 4) is 0 Å². The number of carbonyl (C=O) groups is 3. The molecule has 204 valence electrons. The number of hydrogen-bond donors (Lipinski definition) is 5. The van der Waals surface area contributed by atoms with Crippen molar-refractivity contribution in [2.75, 3.05) is 13.1 Å². The van der Waals surface area contributed by atoms with E-state index in [4.69, 9.17) is 11.1 Å². The number of nitrogens with two attached hydrogens (primary N) is 1. The minimum atomic E-state index is -0.954. The summed E-state index contributed by atoms with van der Waals surface area (Å²) in [5, 5.41) is 23.0. The van der Waals surface area contributed by atoms with E-state index in [1.54, 1.807) is 11.0 Å². The molecule has 2 heterocycles. The number of likely N-dealkylation sites (tertiary alicyclic amines) is 1. The lowest BCUT2D eigenvalue weighted by atomic mass is 9.84. The average molecular weight is 548 g/mol. The molecule has 1 saturated heterocycles. The molecule has 0 bridgehead atoms. The summed E-state index contributed by atoms with van der Waals surface area (Å²) in [6, 6.07) is 21.5. The van der Waals surface area contributed by atoms with Crippen molar-refractivity contribution in [2.45, 2.75) is 43.8 Å². The fourth-order valence-corrected chi connectivity index (χ4v) is 5.78. The quantitative estimate of drug-likeness (QED) is 0.174. The topological polar surface area (TPSA) is 149 Å². The first-order chi connectivity index (χ1) is 18.8. The van der Waals surface area contributed by atoms with Gasteiger partial charge in [-0.2, -0.15) is 0 Å². The molecule has 2 amide bonds. The van der Waals surface area contributed by atoms with Gasteiger partial charge in [0.1, 0.15) is 11.9 Å². The van der Waals surface area contributed by atoms with Gasteiger partial charge in [0.05, 0.1) is 23.9 Å². The minimum absolute atomic E-state index is 0.0158. The maximum Gasteiger partial charge on any atom is 0.304 e. The maximum atomic E-state index is 14.2. The Hall–Kier alpha value is -4.02. The van der Waals surface area contributed by atoms with Crippen molar-refractivity contribution in [1.29, 1.82) is 5.41 Å². The first-order valence-electron chi connectivity index (χ1n) is 12.9. The predicted octanol–water partition coefficient (Wildman–Crippen LogP) is 2.90. The molecule has 1 aliphatic rings. The van der Waals surface area contributed by atoms with Crippen LogP contribution in [0.5, 0.6) is 0 Å². The lowest BCUT2D eigenvalue weighted by Crippen LogP contribution is -2.54. The van der Waals surface area contributed by atoms with E-state index in [2.05, 4.69) is 10.6 Å². The number of carboxylic acids is 1. The second-order valence-electron chi connectivity index (χ2n) is 9.46. The molecule has 4 rings (SSSR count). The van der Waals surface area contributed by atoms with Gasteiger partial charge in [0, 0.05) is 23.9 Å². The molecule has 10 heteroatoms. The highest BCUT2D eigenvalue weighted by molar-refractivity contribution is 7.14. The second kappa shape index (κ2) is 13.2. The molecule has 6 N–H and O–H groups in total. The smallest absolute Gasteiger partial charge is 0.304 e. The number of thiophene rings is 1. The fraction of sp³-hybridized carbons (Fsp3) is 0.310. The summed E-state index contributed by atoms with van der Waals surface area (Å²) in [6.45, 7) is 0.841. The van der Waals surface area contributed by atoms with E-state index in [1.807, 2.05) is 66.7 Å². The van der Waals surface area contributed by atoms with E-state index in [9.17, 15) is 19.5 Å². The van der Waals surface area contributed by atoms with E-state index in [0.717, 1.165) is 16.0 Å². The van der Waals surface area contributed by atoms with Gasteiger partial charge in [-0.1, -0.05) is 60.7 Å². The van der Waals surface area contributed by atoms with Crippen LogP contribution in [0.3, 0.4) is 0 Å². The van der Waals surface area contributed by atoms with Gasteiger partial charge < -0.3 is 26.4 Å². The first-order valence-corrected chi connectivity index (χ1v) is 13.7. The summed E-state index contributed by atoms with van der Waals surface area (Å²) in [5.41, 5.74) is 7.39. The standard InChI is InChI=1S/C29H33N5O4S/c30-27(31)23-14-13-21(39-23)18-33-28(37)22-12-7-17-34(22)29(38)26(32-16-15-24(35)36)25(19-8-3-1-4-9-19)20-10-5-2-6-11-20/h1-6,8-11,13-14,22,25-26,32H,7,12,15-18H2,(H3,30,31)(H,33,37)(H,35,36)/t22?,26-/m1/s1. The van der Waals surface area contributed by atoms with Crippen LogP contribution in [0.4, 0.5) is 0 Å². The number of rotatable bonds is 12. The molecule has 1 aromatic heterocycles. The summed E-state index contributed by atoms with van der Waals surface area (Å²) < 4.78 is 0. The third-order valence-electron chi connectivity index (χ3n) is 6.82. The van der Waals surface area contributed by atoms with Crippen molar-refractivity contribution >= 4 is 35.0 Å². The summed E-state index contributed by atoms with van der Waals surface area (Å²) in [7, 11) is 0. The summed E-state index contributed by atoms with van der Waals surface area (Å²) in [5.74, 6) is -1.82. The molecule has 2 atom stereocenters. The van der Waals surface area contributed by atoms with Crippen LogP contribution in [0, 0.1) is 5.41 Å². The van der Waals surface area contributed by atoms with Crippen molar-refractivity contribution in [3.05, 3.63) is 93.7 Å². The Morgan fingerprint density at radius 2 is 1.67 bits per heavy atom. The van der Waals surface area contributed by atoms with Gasteiger partial charge >= 0.3 is 5.97 Å². The molecule has 1 fully saturated rings. The van der Waals surface area contributed by atoms with Crippen LogP contribution in [-0.2, 0) is 20.9 Å². The lowest BCUT2D eigenvalue weighted by Gasteiger charge is -2.33. The van der Waals surface area contributed by atoms with Gasteiger partial charge in [0.15, 0.2) is 0 Å². The van der Waals surface area contributed by atoms with Crippen LogP contribution in [0.1, 0.15) is 46.1 Å². The number of nitrogens with zero attached hydrogens (tertiary/aromatic N) is 1. The van der Waals surface area contributed by atoms with E-state index < -0.39 is 18.1 Å². The average Bonchev–Trinajstić information content (AvgIpc) is 3.62. The Morgan fingerprint density at radius 3 is 2.23 bits per heavy atom. The molecular weight excluding hydrogens is 514 g/mol. The van der Waals surface area contributed by atoms with E-state index in [-0.39, 0.29) is 43.1 Å². The highest BCUT2D eigenvalue weighted by atomic mass is 32.1. The Balaban J connectivity index is 1.57. The number of amidine groups is 1. The fourth-order valence-electron chi connectivity index (χ4n) is 4.97.